The third kappa shape index (κ3) is 7.27. The van der Waals surface area contributed by atoms with Crippen LogP contribution < -0.4 is 5.32 Å². The predicted molar refractivity (Wildman–Crippen MR) is 80.8 cm³/mol. The molecule has 1 aromatic carbocycles. The number of hydrogen-bond donors (Lipinski definition) is 1. The lowest BCUT2D eigenvalue weighted by Crippen LogP contribution is -2.24. The number of halogens is 1. The Kier molecular flexibility index (Phi) is 8.51. The summed E-state index contributed by atoms with van der Waals surface area (Å²) in [6, 6.07) is 8.01. The van der Waals surface area contributed by atoms with Crippen molar-refractivity contribution >= 4 is 23.4 Å². The molecular formula is C14H22ClNOS. The second kappa shape index (κ2) is 9.68. The van der Waals surface area contributed by atoms with E-state index in [1.54, 1.807) is 0 Å². The SMILES string of the molecule is CCOCCCNCC(C)Sc1cccc(Cl)c1. The fourth-order valence-electron chi connectivity index (χ4n) is 1.56. The summed E-state index contributed by atoms with van der Waals surface area (Å²) in [6.07, 6.45) is 1.07. The zero-order chi connectivity index (χ0) is 13.2. The van der Waals surface area contributed by atoms with Gasteiger partial charge in [0.05, 0.1) is 0 Å². The van der Waals surface area contributed by atoms with Crippen LogP contribution in [0.2, 0.25) is 5.02 Å². The molecule has 0 spiro atoms. The van der Waals surface area contributed by atoms with Crippen LogP contribution in [-0.2, 0) is 4.74 Å². The van der Waals surface area contributed by atoms with Crippen molar-refractivity contribution < 1.29 is 4.74 Å². The normalized spacial score (nSPS) is 12.6. The molecule has 1 N–H and O–H groups in total. The summed E-state index contributed by atoms with van der Waals surface area (Å²) in [5.41, 5.74) is 0. The number of benzene rings is 1. The first-order valence-corrected chi connectivity index (χ1v) is 7.68. The smallest absolute Gasteiger partial charge is 0.0477 e. The second-order valence-corrected chi connectivity index (χ2v) is 6.09. The molecule has 0 amide bonds. The van der Waals surface area contributed by atoms with Crippen molar-refractivity contribution in [3.8, 4) is 0 Å². The first-order valence-electron chi connectivity index (χ1n) is 6.43. The average molecular weight is 288 g/mol. The van der Waals surface area contributed by atoms with Crippen LogP contribution in [0, 0.1) is 0 Å². The molecule has 0 aliphatic carbocycles. The van der Waals surface area contributed by atoms with E-state index in [1.807, 2.05) is 36.9 Å². The third-order valence-electron chi connectivity index (χ3n) is 2.41. The summed E-state index contributed by atoms with van der Waals surface area (Å²) < 4.78 is 5.29. The van der Waals surface area contributed by atoms with Gasteiger partial charge in [0.25, 0.3) is 0 Å². The number of hydrogen-bond acceptors (Lipinski definition) is 3. The van der Waals surface area contributed by atoms with E-state index in [1.165, 1.54) is 4.90 Å². The molecule has 2 nitrogen and oxygen atoms in total. The molecule has 102 valence electrons. The molecular weight excluding hydrogens is 266 g/mol. The van der Waals surface area contributed by atoms with E-state index in [9.17, 15) is 0 Å². The van der Waals surface area contributed by atoms with Crippen LogP contribution in [0.3, 0.4) is 0 Å². The molecule has 1 aromatic rings. The minimum Gasteiger partial charge on any atom is -0.382 e. The van der Waals surface area contributed by atoms with Gasteiger partial charge in [-0.25, -0.2) is 0 Å². The first-order chi connectivity index (χ1) is 8.72. The molecule has 0 saturated carbocycles. The van der Waals surface area contributed by atoms with Crippen LogP contribution in [0.5, 0.6) is 0 Å². The Labute approximate surface area is 119 Å². The molecule has 4 heteroatoms. The van der Waals surface area contributed by atoms with Crippen LogP contribution >= 0.6 is 23.4 Å². The fraction of sp³-hybridized carbons (Fsp3) is 0.571. The number of rotatable bonds is 9. The van der Waals surface area contributed by atoms with E-state index in [-0.39, 0.29) is 0 Å². The van der Waals surface area contributed by atoms with Gasteiger partial charge in [-0.2, -0.15) is 0 Å². The highest BCUT2D eigenvalue weighted by molar-refractivity contribution is 8.00. The van der Waals surface area contributed by atoms with Crippen LogP contribution in [0.1, 0.15) is 20.3 Å². The number of nitrogens with one attached hydrogen (secondary N) is 1. The van der Waals surface area contributed by atoms with Gasteiger partial charge < -0.3 is 10.1 Å². The Bertz CT molecular complexity index is 335. The van der Waals surface area contributed by atoms with Crippen molar-refractivity contribution in [3.05, 3.63) is 29.3 Å². The highest BCUT2D eigenvalue weighted by atomic mass is 35.5. The molecule has 1 rings (SSSR count). The predicted octanol–water partition coefficient (Wildman–Crippen LogP) is 3.84. The lowest BCUT2D eigenvalue weighted by Gasteiger charge is -2.12. The van der Waals surface area contributed by atoms with Crippen LogP contribution in [0.25, 0.3) is 0 Å². The molecule has 1 atom stereocenters. The number of ether oxygens (including phenoxy) is 1. The van der Waals surface area contributed by atoms with Gasteiger partial charge in [0.15, 0.2) is 0 Å². The Morgan fingerprint density at radius 1 is 1.44 bits per heavy atom. The monoisotopic (exact) mass is 287 g/mol. The van der Waals surface area contributed by atoms with Gasteiger partial charge in [-0.1, -0.05) is 24.6 Å². The highest BCUT2D eigenvalue weighted by Gasteiger charge is 2.04. The summed E-state index contributed by atoms with van der Waals surface area (Å²) in [5, 5.41) is 4.79. The first kappa shape index (κ1) is 15.8. The van der Waals surface area contributed by atoms with Crippen LogP contribution in [0.4, 0.5) is 0 Å². The summed E-state index contributed by atoms with van der Waals surface area (Å²) in [4.78, 5) is 1.23. The maximum Gasteiger partial charge on any atom is 0.0477 e. The maximum atomic E-state index is 5.96. The summed E-state index contributed by atoms with van der Waals surface area (Å²) >= 11 is 7.81. The van der Waals surface area contributed by atoms with Crippen molar-refractivity contribution in [3.63, 3.8) is 0 Å². The van der Waals surface area contributed by atoms with Crippen molar-refractivity contribution in [2.24, 2.45) is 0 Å². The van der Waals surface area contributed by atoms with E-state index in [0.29, 0.717) is 5.25 Å². The van der Waals surface area contributed by atoms with Crippen molar-refractivity contribution in [2.75, 3.05) is 26.3 Å². The van der Waals surface area contributed by atoms with Gasteiger partial charge in [-0.15, -0.1) is 11.8 Å². The van der Waals surface area contributed by atoms with E-state index >= 15 is 0 Å². The number of thioether (sulfide) groups is 1. The van der Waals surface area contributed by atoms with Crippen LogP contribution in [0.15, 0.2) is 29.2 Å². The van der Waals surface area contributed by atoms with E-state index in [2.05, 4.69) is 18.3 Å². The molecule has 0 bridgehead atoms. The largest absolute Gasteiger partial charge is 0.382 e. The molecule has 0 heterocycles. The van der Waals surface area contributed by atoms with Crippen LogP contribution in [-0.4, -0.2) is 31.6 Å². The molecule has 0 aromatic heterocycles. The van der Waals surface area contributed by atoms with E-state index < -0.39 is 0 Å². The molecule has 18 heavy (non-hydrogen) atoms. The third-order valence-corrected chi connectivity index (χ3v) is 3.74. The zero-order valence-corrected chi connectivity index (χ0v) is 12.7. The Morgan fingerprint density at radius 3 is 3.00 bits per heavy atom. The topological polar surface area (TPSA) is 21.3 Å². The van der Waals surface area contributed by atoms with Crippen molar-refractivity contribution in [1.82, 2.24) is 5.32 Å². The summed E-state index contributed by atoms with van der Waals surface area (Å²) in [5.74, 6) is 0. The lowest BCUT2D eigenvalue weighted by atomic mass is 10.4. The zero-order valence-electron chi connectivity index (χ0n) is 11.1. The molecule has 0 saturated heterocycles. The lowest BCUT2D eigenvalue weighted by molar-refractivity contribution is 0.145. The van der Waals surface area contributed by atoms with Gasteiger partial charge in [0.2, 0.25) is 0 Å². The van der Waals surface area contributed by atoms with Crippen molar-refractivity contribution in [1.29, 1.82) is 0 Å². The Morgan fingerprint density at radius 2 is 2.28 bits per heavy atom. The van der Waals surface area contributed by atoms with E-state index in [0.717, 1.165) is 37.7 Å². The summed E-state index contributed by atoms with van der Waals surface area (Å²) in [7, 11) is 0. The molecule has 0 fully saturated rings. The Hall–Kier alpha value is -0.220. The van der Waals surface area contributed by atoms with Gasteiger partial charge in [0, 0.05) is 34.9 Å². The van der Waals surface area contributed by atoms with Crippen molar-refractivity contribution in [2.45, 2.75) is 30.4 Å². The fourth-order valence-corrected chi connectivity index (χ4v) is 2.84. The van der Waals surface area contributed by atoms with Gasteiger partial charge >= 0.3 is 0 Å². The molecule has 0 aliphatic rings. The molecule has 0 radical (unpaired) electrons. The second-order valence-electron chi connectivity index (χ2n) is 4.14. The van der Waals surface area contributed by atoms with Gasteiger partial charge in [0.1, 0.15) is 0 Å². The summed E-state index contributed by atoms with van der Waals surface area (Å²) in [6.45, 7) is 7.92. The Balaban J connectivity index is 2.12. The van der Waals surface area contributed by atoms with E-state index in [4.69, 9.17) is 16.3 Å². The van der Waals surface area contributed by atoms with Gasteiger partial charge in [-0.3, -0.25) is 0 Å². The maximum absolute atomic E-state index is 5.96. The molecule has 0 aliphatic heterocycles. The minimum atomic E-state index is 0.538. The minimum absolute atomic E-state index is 0.538. The van der Waals surface area contributed by atoms with Gasteiger partial charge in [-0.05, 0) is 38.1 Å². The molecule has 1 unspecified atom stereocenters. The highest BCUT2D eigenvalue weighted by Crippen LogP contribution is 2.25. The average Bonchev–Trinajstić information content (AvgIpc) is 2.33. The quantitative estimate of drug-likeness (QED) is 0.551. The standard InChI is InChI=1S/C14H22ClNOS/c1-3-17-9-5-8-16-11-12(2)18-14-7-4-6-13(15)10-14/h4,6-7,10,12,16H,3,5,8-9,11H2,1-2H3.